The summed E-state index contributed by atoms with van der Waals surface area (Å²) in [4.78, 5) is 2.31. The number of sulfone groups is 1. The Balaban J connectivity index is 1.72. The minimum Gasteiger partial charge on any atom is -0.390 e. The third-order valence-corrected chi connectivity index (χ3v) is 6.63. The van der Waals surface area contributed by atoms with Crippen molar-refractivity contribution >= 4 is 9.84 Å². The molecule has 1 aliphatic heterocycles. The molecule has 0 aromatic rings. The smallest absolute Gasteiger partial charge is 0.151 e. The highest BCUT2D eigenvalue weighted by Crippen LogP contribution is 2.25. The standard InChI is InChI=1S/C15H30N2O3S/c1-12-6-8-17(9-7-12)11-13(18)10-16-14-4-3-5-15(14)21(2,19)20/h12-16,18H,3-11H2,1-2H3. The molecule has 5 nitrogen and oxygen atoms in total. The van der Waals surface area contributed by atoms with Crippen LogP contribution >= 0.6 is 0 Å². The number of rotatable bonds is 6. The lowest BCUT2D eigenvalue weighted by Gasteiger charge is -2.32. The molecular weight excluding hydrogens is 288 g/mol. The molecule has 2 aliphatic rings. The number of hydrogen-bond acceptors (Lipinski definition) is 5. The highest BCUT2D eigenvalue weighted by atomic mass is 32.2. The third-order valence-electron chi connectivity index (χ3n) is 4.96. The third kappa shape index (κ3) is 5.20. The molecule has 0 radical (unpaired) electrons. The van der Waals surface area contributed by atoms with E-state index in [0.717, 1.165) is 38.3 Å². The lowest BCUT2D eigenvalue weighted by molar-refractivity contribution is 0.0890. The molecule has 2 N–H and O–H groups in total. The number of piperidine rings is 1. The maximum Gasteiger partial charge on any atom is 0.151 e. The summed E-state index contributed by atoms with van der Waals surface area (Å²) in [5, 5.41) is 13.2. The predicted molar refractivity (Wildman–Crippen MR) is 85.1 cm³/mol. The van der Waals surface area contributed by atoms with Crippen molar-refractivity contribution in [3.05, 3.63) is 0 Å². The molecule has 3 atom stereocenters. The normalized spacial score (nSPS) is 30.6. The van der Waals surface area contributed by atoms with Gasteiger partial charge >= 0.3 is 0 Å². The number of aliphatic hydroxyl groups excluding tert-OH is 1. The number of nitrogens with one attached hydrogen (secondary N) is 1. The van der Waals surface area contributed by atoms with Crippen molar-refractivity contribution in [3.63, 3.8) is 0 Å². The molecule has 2 rings (SSSR count). The quantitative estimate of drug-likeness (QED) is 0.752. The van der Waals surface area contributed by atoms with E-state index in [1.54, 1.807) is 0 Å². The van der Waals surface area contributed by atoms with Crippen LogP contribution in [-0.4, -0.2) is 68.3 Å². The van der Waals surface area contributed by atoms with Gasteiger partial charge in [-0.15, -0.1) is 0 Å². The molecule has 1 saturated carbocycles. The Morgan fingerprint density at radius 2 is 1.90 bits per heavy atom. The van der Waals surface area contributed by atoms with Crippen LogP contribution < -0.4 is 5.32 Å². The second-order valence-corrected chi connectivity index (χ2v) is 9.22. The molecule has 0 bridgehead atoms. The first-order valence-electron chi connectivity index (χ1n) is 8.19. The van der Waals surface area contributed by atoms with Gasteiger partial charge in [0.05, 0.1) is 11.4 Å². The first-order chi connectivity index (χ1) is 9.86. The Kier molecular flexibility index (Phi) is 6.05. The Labute approximate surface area is 129 Å². The van der Waals surface area contributed by atoms with Crippen molar-refractivity contribution in [1.82, 2.24) is 10.2 Å². The maximum absolute atomic E-state index is 11.7. The minimum absolute atomic E-state index is 0.0102. The van der Waals surface area contributed by atoms with E-state index in [9.17, 15) is 13.5 Å². The first kappa shape index (κ1) is 17.2. The van der Waals surface area contributed by atoms with E-state index in [1.807, 2.05) is 0 Å². The molecule has 1 saturated heterocycles. The molecule has 2 fully saturated rings. The second kappa shape index (κ2) is 7.40. The Morgan fingerprint density at radius 1 is 1.24 bits per heavy atom. The van der Waals surface area contributed by atoms with Crippen LogP contribution in [0.15, 0.2) is 0 Å². The van der Waals surface area contributed by atoms with E-state index in [2.05, 4.69) is 17.1 Å². The van der Waals surface area contributed by atoms with Gasteiger partial charge in [-0.25, -0.2) is 8.42 Å². The highest BCUT2D eigenvalue weighted by molar-refractivity contribution is 7.91. The zero-order chi connectivity index (χ0) is 15.5. The van der Waals surface area contributed by atoms with E-state index >= 15 is 0 Å². The van der Waals surface area contributed by atoms with Gasteiger partial charge < -0.3 is 15.3 Å². The van der Waals surface area contributed by atoms with E-state index in [0.29, 0.717) is 13.1 Å². The molecule has 0 aromatic carbocycles. The van der Waals surface area contributed by atoms with E-state index in [1.165, 1.54) is 19.1 Å². The largest absolute Gasteiger partial charge is 0.390 e. The van der Waals surface area contributed by atoms with Gasteiger partial charge in [0.25, 0.3) is 0 Å². The van der Waals surface area contributed by atoms with Gasteiger partial charge in [-0.05, 0) is 44.7 Å². The Morgan fingerprint density at radius 3 is 2.52 bits per heavy atom. The Bertz CT molecular complexity index is 419. The monoisotopic (exact) mass is 318 g/mol. The lowest BCUT2D eigenvalue weighted by atomic mass is 9.99. The van der Waals surface area contributed by atoms with Crippen LogP contribution in [0.2, 0.25) is 0 Å². The molecule has 3 unspecified atom stereocenters. The number of hydrogen-bond donors (Lipinski definition) is 2. The zero-order valence-corrected chi connectivity index (χ0v) is 14.1. The average Bonchev–Trinajstić information content (AvgIpc) is 2.87. The number of aliphatic hydroxyl groups is 1. The fourth-order valence-corrected chi connectivity index (χ4v) is 4.99. The SMILES string of the molecule is CC1CCN(CC(O)CNC2CCCC2S(C)(=O)=O)CC1. The summed E-state index contributed by atoms with van der Waals surface area (Å²) in [5.41, 5.74) is 0. The van der Waals surface area contributed by atoms with Gasteiger partial charge in [0.1, 0.15) is 0 Å². The van der Waals surface area contributed by atoms with E-state index < -0.39 is 15.9 Å². The van der Waals surface area contributed by atoms with Gasteiger partial charge in [-0.2, -0.15) is 0 Å². The molecule has 1 heterocycles. The first-order valence-corrected chi connectivity index (χ1v) is 10.1. The molecular formula is C15H30N2O3S. The van der Waals surface area contributed by atoms with Crippen molar-refractivity contribution in [3.8, 4) is 0 Å². The highest BCUT2D eigenvalue weighted by Gasteiger charge is 2.34. The van der Waals surface area contributed by atoms with Crippen LogP contribution in [0.5, 0.6) is 0 Å². The summed E-state index contributed by atoms with van der Waals surface area (Å²) in [5.74, 6) is 0.797. The molecule has 21 heavy (non-hydrogen) atoms. The molecule has 124 valence electrons. The fraction of sp³-hybridized carbons (Fsp3) is 1.00. The van der Waals surface area contributed by atoms with Crippen LogP contribution in [0.4, 0.5) is 0 Å². The van der Waals surface area contributed by atoms with Gasteiger partial charge in [-0.3, -0.25) is 0 Å². The molecule has 0 spiro atoms. The summed E-state index contributed by atoms with van der Waals surface area (Å²) in [6, 6.07) is 0.0102. The van der Waals surface area contributed by atoms with E-state index in [-0.39, 0.29) is 11.3 Å². The van der Waals surface area contributed by atoms with Crippen LogP contribution in [0.25, 0.3) is 0 Å². The summed E-state index contributed by atoms with van der Waals surface area (Å²) in [6.45, 7) is 5.58. The van der Waals surface area contributed by atoms with Crippen LogP contribution in [0.1, 0.15) is 39.0 Å². The van der Waals surface area contributed by atoms with Crippen molar-refractivity contribution in [2.75, 3.05) is 32.4 Å². The fourth-order valence-electron chi connectivity index (χ4n) is 3.57. The molecule has 1 aliphatic carbocycles. The number of β-amino-alcohol motifs (C(OH)–C–C–N with tert-alkyl or cyclic N) is 1. The molecule has 0 aromatic heterocycles. The van der Waals surface area contributed by atoms with Gasteiger partial charge in [0, 0.05) is 25.4 Å². The van der Waals surface area contributed by atoms with Crippen LogP contribution in [0, 0.1) is 5.92 Å². The number of likely N-dealkylation sites (tertiary alicyclic amines) is 1. The summed E-state index contributed by atoms with van der Waals surface area (Å²) < 4.78 is 23.5. The lowest BCUT2D eigenvalue weighted by Crippen LogP contribution is -2.46. The van der Waals surface area contributed by atoms with Crippen molar-refractivity contribution in [2.24, 2.45) is 5.92 Å². The van der Waals surface area contributed by atoms with Gasteiger partial charge in [-0.1, -0.05) is 13.3 Å². The molecule has 6 heteroatoms. The topological polar surface area (TPSA) is 69.6 Å². The van der Waals surface area contributed by atoms with Crippen molar-refractivity contribution in [1.29, 1.82) is 0 Å². The van der Waals surface area contributed by atoms with Crippen LogP contribution in [-0.2, 0) is 9.84 Å². The minimum atomic E-state index is -2.99. The van der Waals surface area contributed by atoms with Crippen molar-refractivity contribution < 1.29 is 13.5 Å². The Hall–Kier alpha value is -0.170. The second-order valence-electron chi connectivity index (χ2n) is 6.95. The van der Waals surface area contributed by atoms with Crippen molar-refractivity contribution in [2.45, 2.75) is 56.4 Å². The summed E-state index contributed by atoms with van der Waals surface area (Å²) in [6.07, 6.45) is 5.91. The van der Waals surface area contributed by atoms with E-state index in [4.69, 9.17) is 0 Å². The van der Waals surface area contributed by atoms with Crippen LogP contribution in [0.3, 0.4) is 0 Å². The van der Waals surface area contributed by atoms with Gasteiger partial charge in [0.2, 0.25) is 0 Å². The molecule has 0 amide bonds. The summed E-state index contributed by atoms with van der Waals surface area (Å²) in [7, 11) is -2.99. The van der Waals surface area contributed by atoms with Gasteiger partial charge in [0.15, 0.2) is 9.84 Å². The zero-order valence-electron chi connectivity index (χ0n) is 13.3. The predicted octanol–water partition coefficient (Wildman–Crippen LogP) is 0.635. The number of nitrogens with zero attached hydrogens (tertiary/aromatic N) is 1. The average molecular weight is 318 g/mol. The maximum atomic E-state index is 11.7. The summed E-state index contributed by atoms with van der Waals surface area (Å²) >= 11 is 0.